The second-order valence-electron chi connectivity index (χ2n) is 4.20. The molecule has 80 valence electrons. The van der Waals surface area contributed by atoms with E-state index in [0.29, 0.717) is 5.92 Å². The van der Waals surface area contributed by atoms with Gasteiger partial charge >= 0.3 is 0 Å². The summed E-state index contributed by atoms with van der Waals surface area (Å²) < 4.78 is 0. The highest BCUT2D eigenvalue weighted by molar-refractivity contribution is 7.11. The highest BCUT2D eigenvalue weighted by atomic mass is 35.5. The number of hydrogen-bond acceptors (Lipinski definition) is 2. The highest BCUT2D eigenvalue weighted by Crippen LogP contribution is 2.22. The van der Waals surface area contributed by atoms with Crippen LogP contribution in [0, 0.1) is 18.8 Å². The molecule has 0 amide bonds. The third-order valence-electron chi connectivity index (χ3n) is 2.18. The Labute approximate surface area is 95.5 Å². The summed E-state index contributed by atoms with van der Waals surface area (Å²) in [6.45, 7) is 6.54. The van der Waals surface area contributed by atoms with Crippen molar-refractivity contribution in [2.24, 2.45) is 11.8 Å². The van der Waals surface area contributed by atoms with Crippen molar-refractivity contribution >= 4 is 22.9 Å². The summed E-state index contributed by atoms with van der Waals surface area (Å²) in [5, 5.41) is 1.15. The molecule has 0 aliphatic carbocycles. The molecule has 1 atom stereocenters. The number of halogens is 1. The molecule has 0 bridgehead atoms. The molecule has 0 N–H and O–H groups in total. The van der Waals surface area contributed by atoms with E-state index in [2.05, 4.69) is 18.8 Å². The van der Waals surface area contributed by atoms with Gasteiger partial charge in [0.05, 0.1) is 5.01 Å². The molecule has 1 rings (SSSR count). The van der Waals surface area contributed by atoms with Crippen LogP contribution in [0.5, 0.6) is 0 Å². The molecule has 0 saturated heterocycles. The molecule has 0 spiro atoms. The average molecular weight is 232 g/mol. The number of aromatic nitrogens is 1. The largest absolute Gasteiger partial charge is 0.250 e. The van der Waals surface area contributed by atoms with Crippen molar-refractivity contribution < 1.29 is 0 Å². The zero-order valence-corrected chi connectivity index (χ0v) is 10.7. The molecule has 14 heavy (non-hydrogen) atoms. The maximum absolute atomic E-state index is 5.95. The van der Waals surface area contributed by atoms with Gasteiger partial charge in [-0.2, -0.15) is 0 Å². The SMILES string of the molecule is Cc1ncc(CC(CCl)CC(C)C)s1. The summed E-state index contributed by atoms with van der Waals surface area (Å²) in [7, 11) is 0. The van der Waals surface area contributed by atoms with Gasteiger partial charge in [0.1, 0.15) is 0 Å². The molecular formula is C11H18ClNS. The predicted molar refractivity (Wildman–Crippen MR) is 64.2 cm³/mol. The number of nitrogens with zero attached hydrogens (tertiary/aromatic N) is 1. The summed E-state index contributed by atoms with van der Waals surface area (Å²) in [4.78, 5) is 5.63. The lowest BCUT2D eigenvalue weighted by Crippen LogP contribution is -2.08. The maximum Gasteiger partial charge on any atom is 0.0896 e. The van der Waals surface area contributed by atoms with E-state index in [0.717, 1.165) is 23.2 Å². The molecule has 3 heteroatoms. The van der Waals surface area contributed by atoms with Gasteiger partial charge in [0.25, 0.3) is 0 Å². The Balaban J connectivity index is 2.48. The quantitative estimate of drug-likeness (QED) is 0.701. The van der Waals surface area contributed by atoms with E-state index in [1.807, 2.05) is 13.1 Å². The Bertz CT molecular complexity index is 270. The number of alkyl halides is 1. The first kappa shape index (κ1) is 12.0. The molecule has 0 radical (unpaired) electrons. The third-order valence-corrected chi connectivity index (χ3v) is 3.55. The Morgan fingerprint density at radius 3 is 2.64 bits per heavy atom. The molecule has 1 aromatic rings. The van der Waals surface area contributed by atoms with Crippen LogP contribution in [0.4, 0.5) is 0 Å². The summed E-state index contributed by atoms with van der Waals surface area (Å²) in [6.07, 6.45) is 4.29. The molecule has 1 heterocycles. The van der Waals surface area contributed by atoms with E-state index in [1.165, 1.54) is 11.3 Å². The predicted octanol–water partition coefficient (Wildman–Crippen LogP) is 3.90. The molecule has 0 aliphatic rings. The Kier molecular flexibility index (Phi) is 4.90. The molecule has 1 nitrogen and oxygen atoms in total. The Hall–Kier alpha value is -0.0800. The van der Waals surface area contributed by atoms with Gasteiger partial charge in [-0.15, -0.1) is 22.9 Å². The first-order valence-corrected chi connectivity index (χ1v) is 6.44. The monoisotopic (exact) mass is 231 g/mol. The number of hydrogen-bond donors (Lipinski definition) is 0. The zero-order valence-electron chi connectivity index (χ0n) is 9.09. The number of rotatable bonds is 5. The van der Waals surface area contributed by atoms with Crippen LogP contribution in [0.2, 0.25) is 0 Å². The molecular weight excluding hydrogens is 214 g/mol. The van der Waals surface area contributed by atoms with E-state index >= 15 is 0 Å². The normalized spacial score (nSPS) is 13.5. The van der Waals surface area contributed by atoms with Crippen molar-refractivity contribution in [1.82, 2.24) is 4.98 Å². The fraction of sp³-hybridized carbons (Fsp3) is 0.727. The number of thiazole rings is 1. The van der Waals surface area contributed by atoms with Crippen LogP contribution in [-0.4, -0.2) is 10.9 Å². The average Bonchev–Trinajstić information content (AvgIpc) is 2.49. The second-order valence-corrected chi connectivity index (χ2v) is 5.83. The fourth-order valence-electron chi connectivity index (χ4n) is 1.65. The lowest BCUT2D eigenvalue weighted by molar-refractivity contribution is 0.443. The van der Waals surface area contributed by atoms with E-state index in [9.17, 15) is 0 Å². The van der Waals surface area contributed by atoms with Gasteiger partial charge in [0, 0.05) is 17.0 Å². The second kappa shape index (κ2) is 5.72. The van der Waals surface area contributed by atoms with Gasteiger partial charge in [-0.05, 0) is 31.6 Å². The highest BCUT2D eigenvalue weighted by Gasteiger charge is 2.12. The van der Waals surface area contributed by atoms with Gasteiger partial charge in [0.15, 0.2) is 0 Å². The van der Waals surface area contributed by atoms with Crippen LogP contribution < -0.4 is 0 Å². The molecule has 1 aromatic heterocycles. The van der Waals surface area contributed by atoms with Gasteiger partial charge in [0.2, 0.25) is 0 Å². The van der Waals surface area contributed by atoms with Crippen LogP contribution in [-0.2, 0) is 6.42 Å². The minimum absolute atomic E-state index is 0.608. The molecule has 0 aromatic carbocycles. The molecule has 0 saturated carbocycles. The maximum atomic E-state index is 5.95. The summed E-state index contributed by atoms with van der Waals surface area (Å²) in [5.41, 5.74) is 0. The zero-order chi connectivity index (χ0) is 10.6. The van der Waals surface area contributed by atoms with Crippen molar-refractivity contribution in [3.05, 3.63) is 16.1 Å². The Morgan fingerprint density at radius 2 is 2.21 bits per heavy atom. The van der Waals surface area contributed by atoms with Gasteiger partial charge in [-0.25, -0.2) is 4.98 Å². The van der Waals surface area contributed by atoms with Crippen molar-refractivity contribution in [3.63, 3.8) is 0 Å². The standard InChI is InChI=1S/C11H18ClNS/c1-8(2)4-10(6-12)5-11-7-13-9(3)14-11/h7-8,10H,4-6H2,1-3H3. The molecule has 0 fully saturated rings. The van der Waals surface area contributed by atoms with Crippen LogP contribution in [0.1, 0.15) is 30.2 Å². The third kappa shape index (κ3) is 3.97. The summed E-state index contributed by atoms with van der Waals surface area (Å²) >= 11 is 7.74. The smallest absolute Gasteiger partial charge is 0.0896 e. The van der Waals surface area contributed by atoms with Gasteiger partial charge in [-0.1, -0.05) is 13.8 Å². The van der Waals surface area contributed by atoms with Gasteiger partial charge in [-0.3, -0.25) is 0 Å². The molecule has 0 aliphatic heterocycles. The van der Waals surface area contributed by atoms with Crippen molar-refractivity contribution in [1.29, 1.82) is 0 Å². The topological polar surface area (TPSA) is 12.9 Å². The summed E-state index contributed by atoms with van der Waals surface area (Å²) in [5.74, 6) is 2.10. The van der Waals surface area contributed by atoms with E-state index in [1.54, 1.807) is 11.3 Å². The minimum Gasteiger partial charge on any atom is -0.250 e. The fourth-order valence-corrected chi connectivity index (χ4v) is 2.80. The van der Waals surface area contributed by atoms with Crippen molar-refractivity contribution in [2.75, 3.05) is 5.88 Å². The lowest BCUT2D eigenvalue weighted by atomic mass is 9.95. The van der Waals surface area contributed by atoms with E-state index in [4.69, 9.17) is 11.6 Å². The lowest BCUT2D eigenvalue weighted by Gasteiger charge is -2.14. The molecule has 1 unspecified atom stereocenters. The summed E-state index contributed by atoms with van der Waals surface area (Å²) in [6, 6.07) is 0. The van der Waals surface area contributed by atoms with Crippen LogP contribution in [0.3, 0.4) is 0 Å². The van der Waals surface area contributed by atoms with E-state index in [-0.39, 0.29) is 0 Å². The van der Waals surface area contributed by atoms with E-state index < -0.39 is 0 Å². The van der Waals surface area contributed by atoms with Crippen LogP contribution in [0.15, 0.2) is 6.20 Å². The Morgan fingerprint density at radius 1 is 1.50 bits per heavy atom. The minimum atomic E-state index is 0.608. The van der Waals surface area contributed by atoms with Gasteiger partial charge < -0.3 is 0 Å². The van der Waals surface area contributed by atoms with Crippen LogP contribution in [0.25, 0.3) is 0 Å². The first-order chi connectivity index (χ1) is 6.61. The number of aryl methyl sites for hydroxylation is 1. The first-order valence-electron chi connectivity index (χ1n) is 5.09. The van der Waals surface area contributed by atoms with Crippen molar-refractivity contribution in [3.8, 4) is 0 Å². The van der Waals surface area contributed by atoms with Crippen LogP contribution >= 0.6 is 22.9 Å². The van der Waals surface area contributed by atoms with Crippen molar-refractivity contribution in [2.45, 2.75) is 33.6 Å².